The maximum absolute atomic E-state index is 12.1. The average molecular weight is 225 g/mol. The van der Waals surface area contributed by atoms with Crippen LogP contribution in [-0.4, -0.2) is 23.7 Å². The zero-order valence-corrected chi connectivity index (χ0v) is 10.3. The van der Waals surface area contributed by atoms with Crippen molar-refractivity contribution < 1.29 is 9.90 Å². The van der Waals surface area contributed by atoms with Crippen LogP contribution in [0, 0.1) is 23.7 Å². The smallest absolute Gasteiger partial charge is 0.223 e. The molecule has 2 aliphatic carbocycles. The molecule has 2 saturated carbocycles. The minimum Gasteiger partial charge on any atom is -0.396 e. The van der Waals surface area contributed by atoms with Crippen LogP contribution in [0.5, 0.6) is 0 Å². The number of hydrogen-bond donors (Lipinski definition) is 2. The van der Waals surface area contributed by atoms with E-state index in [2.05, 4.69) is 5.32 Å². The number of fused-ring (bicyclic) bond motifs is 2. The van der Waals surface area contributed by atoms with Gasteiger partial charge in [-0.05, 0) is 43.9 Å². The van der Waals surface area contributed by atoms with Crippen molar-refractivity contribution >= 4 is 5.91 Å². The quantitative estimate of drug-likeness (QED) is 0.762. The van der Waals surface area contributed by atoms with E-state index in [4.69, 9.17) is 5.11 Å². The molecule has 3 nitrogen and oxygen atoms in total. The molecular weight excluding hydrogens is 202 g/mol. The maximum atomic E-state index is 12.1. The van der Waals surface area contributed by atoms with Crippen LogP contribution in [0.1, 0.15) is 39.5 Å². The predicted molar refractivity (Wildman–Crippen MR) is 62.8 cm³/mol. The summed E-state index contributed by atoms with van der Waals surface area (Å²) in [5, 5.41) is 12.1. The normalized spacial score (nSPS) is 36.1. The molecule has 2 fully saturated rings. The van der Waals surface area contributed by atoms with Crippen molar-refractivity contribution in [1.29, 1.82) is 0 Å². The third-order valence-electron chi connectivity index (χ3n) is 4.59. The highest BCUT2D eigenvalue weighted by atomic mass is 16.3. The molecule has 2 N–H and O–H groups in total. The van der Waals surface area contributed by atoms with Crippen molar-refractivity contribution in [3.8, 4) is 0 Å². The molecule has 0 radical (unpaired) electrons. The van der Waals surface area contributed by atoms with Gasteiger partial charge in [-0.2, -0.15) is 0 Å². The molecule has 2 rings (SSSR count). The van der Waals surface area contributed by atoms with Gasteiger partial charge >= 0.3 is 0 Å². The molecule has 2 bridgehead atoms. The van der Waals surface area contributed by atoms with E-state index in [0.29, 0.717) is 5.92 Å². The van der Waals surface area contributed by atoms with Gasteiger partial charge in [0.15, 0.2) is 0 Å². The Morgan fingerprint density at radius 2 is 2.12 bits per heavy atom. The molecule has 0 aromatic rings. The van der Waals surface area contributed by atoms with E-state index in [9.17, 15) is 4.79 Å². The number of aliphatic hydroxyl groups excluding tert-OH is 1. The minimum absolute atomic E-state index is 0.0802. The van der Waals surface area contributed by atoms with Crippen LogP contribution < -0.4 is 5.32 Å². The van der Waals surface area contributed by atoms with Crippen molar-refractivity contribution in [2.45, 2.75) is 45.6 Å². The largest absolute Gasteiger partial charge is 0.396 e. The van der Waals surface area contributed by atoms with E-state index in [1.165, 1.54) is 19.3 Å². The molecule has 0 aromatic heterocycles. The van der Waals surface area contributed by atoms with E-state index < -0.39 is 0 Å². The molecule has 5 unspecified atom stereocenters. The lowest BCUT2D eigenvalue weighted by molar-refractivity contribution is -0.127. The van der Waals surface area contributed by atoms with Gasteiger partial charge in [-0.3, -0.25) is 4.79 Å². The molecular formula is C13H23NO2. The Morgan fingerprint density at radius 3 is 2.62 bits per heavy atom. The highest BCUT2D eigenvalue weighted by molar-refractivity contribution is 5.79. The first kappa shape index (κ1) is 11.9. The molecule has 92 valence electrons. The van der Waals surface area contributed by atoms with Crippen molar-refractivity contribution in [3.63, 3.8) is 0 Å². The van der Waals surface area contributed by atoms with E-state index in [1.54, 1.807) is 0 Å². The SMILES string of the molecule is CC(CO)C(C)NC(=O)C1CC2CCC1C2. The van der Waals surface area contributed by atoms with Crippen LogP contribution in [-0.2, 0) is 4.79 Å². The summed E-state index contributed by atoms with van der Waals surface area (Å²) in [6, 6.07) is 0.0802. The molecule has 0 saturated heterocycles. The summed E-state index contributed by atoms with van der Waals surface area (Å²) in [4.78, 5) is 12.1. The van der Waals surface area contributed by atoms with Gasteiger partial charge in [0.05, 0.1) is 0 Å². The monoisotopic (exact) mass is 225 g/mol. The predicted octanol–water partition coefficient (Wildman–Crippen LogP) is 1.56. The Morgan fingerprint density at radius 1 is 1.38 bits per heavy atom. The third kappa shape index (κ3) is 2.24. The Labute approximate surface area is 97.6 Å². The van der Waals surface area contributed by atoms with E-state index in [1.807, 2.05) is 13.8 Å². The van der Waals surface area contributed by atoms with Gasteiger partial charge in [0, 0.05) is 18.6 Å². The van der Waals surface area contributed by atoms with Gasteiger partial charge in [-0.15, -0.1) is 0 Å². The molecule has 0 heterocycles. The molecule has 1 amide bonds. The summed E-state index contributed by atoms with van der Waals surface area (Å²) in [5.74, 6) is 2.07. The van der Waals surface area contributed by atoms with E-state index >= 15 is 0 Å². The fraction of sp³-hybridized carbons (Fsp3) is 0.923. The summed E-state index contributed by atoms with van der Waals surface area (Å²) in [5.41, 5.74) is 0. The highest BCUT2D eigenvalue weighted by Gasteiger charge is 2.43. The van der Waals surface area contributed by atoms with Gasteiger partial charge in [-0.1, -0.05) is 13.3 Å². The summed E-state index contributed by atoms with van der Waals surface area (Å²) in [7, 11) is 0. The lowest BCUT2D eigenvalue weighted by atomic mass is 9.87. The van der Waals surface area contributed by atoms with Crippen molar-refractivity contribution in [1.82, 2.24) is 5.32 Å². The molecule has 0 spiro atoms. The second-order valence-electron chi connectivity index (χ2n) is 5.74. The molecule has 0 aromatic carbocycles. The number of amides is 1. The van der Waals surface area contributed by atoms with Crippen molar-refractivity contribution in [2.24, 2.45) is 23.7 Å². The van der Waals surface area contributed by atoms with Crippen LogP contribution in [0.2, 0.25) is 0 Å². The Bertz CT molecular complexity index is 267. The number of hydrogen-bond acceptors (Lipinski definition) is 2. The standard InChI is InChI=1S/C13H23NO2/c1-8(7-15)9(2)14-13(16)12-6-10-3-4-11(12)5-10/h8-12,15H,3-7H2,1-2H3,(H,14,16). The van der Waals surface area contributed by atoms with E-state index in [0.717, 1.165) is 12.3 Å². The number of nitrogens with one attached hydrogen (secondary N) is 1. The molecule has 2 aliphatic rings. The summed E-state index contributed by atoms with van der Waals surface area (Å²) >= 11 is 0. The number of carbonyl (C=O) groups is 1. The Balaban J connectivity index is 1.84. The lowest BCUT2D eigenvalue weighted by Gasteiger charge is -2.25. The minimum atomic E-state index is 0.0802. The van der Waals surface area contributed by atoms with E-state index in [-0.39, 0.29) is 30.4 Å². The molecule has 3 heteroatoms. The second-order valence-corrected chi connectivity index (χ2v) is 5.74. The van der Waals surface area contributed by atoms with Crippen molar-refractivity contribution in [2.75, 3.05) is 6.61 Å². The van der Waals surface area contributed by atoms with Crippen LogP contribution in [0.4, 0.5) is 0 Å². The van der Waals surface area contributed by atoms with Gasteiger partial charge in [-0.25, -0.2) is 0 Å². The fourth-order valence-electron chi connectivity index (χ4n) is 3.20. The molecule has 5 atom stereocenters. The van der Waals surface area contributed by atoms with Gasteiger partial charge in [0.2, 0.25) is 5.91 Å². The topological polar surface area (TPSA) is 49.3 Å². The highest BCUT2D eigenvalue weighted by Crippen LogP contribution is 2.48. The number of aliphatic hydroxyl groups is 1. The Kier molecular flexibility index (Phi) is 3.53. The van der Waals surface area contributed by atoms with Gasteiger partial charge in [0.25, 0.3) is 0 Å². The summed E-state index contributed by atoms with van der Waals surface area (Å²) < 4.78 is 0. The number of carbonyl (C=O) groups excluding carboxylic acids is 1. The second kappa shape index (κ2) is 4.74. The first-order valence-corrected chi connectivity index (χ1v) is 6.53. The molecule has 16 heavy (non-hydrogen) atoms. The first-order chi connectivity index (χ1) is 7.61. The first-order valence-electron chi connectivity index (χ1n) is 6.53. The summed E-state index contributed by atoms with van der Waals surface area (Å²) in [6.07, 6.45) is 4.93. The van der Waals surface area contributed by atoms with Gasteiger partial charge in [0.1, 0.15) is 0 Å². The zero-order chi connectivity index (χ0) is 11.7. The van der Waals surface area contributed by atoms with Crippen molar-refractivity contribution in [3.05, 3.63) is 0 Å². The third-order valence-corrected chi connectivity index (χ3v) is 4.59. The van der Waals surface area contributed by atoms with Crippen LogP contribution >= 0.6 is 0 Å². The lowest BCUT2D eigenvalue weighted by Crippen LogP contribution is -2.42. The summed E-state index contributed by atoms with van der Waals surface area (Å²) in [6.45, 7) is 4.08. The molecule has 0 aliphatic heterocycles. The average Bonchev–Trinajstić information content (AvgIpc) is 2.89. The fourth-order valence-corrected chi connectivity index (χ4v) is 3.20. The van der Waals surface area contributed by atoms with Crippen LogP contribution in [0.3, 0.4) is 0 Å². The van der Waals surface area contributed by atoms with Gasteiger partial charge < -0.3 is 10.4 Å². The van der Waals surface area contributed by atoms with Crippen LogP contribution in [0.15, 0.2) is 0 Å². The maximum Gasteiger partial charge on any atom is 0.223 e. The zero-order valence-electron chi connectivity index (χ0n) is 10.3. The van der Waals surface area contributed by atoms with Crippen LogP contribution in [0.25, 0.3) is 0 Å². The number of rotatable bonds is 4. The Hall–Kier alpha value is -0.570.